The van der Waals surface area contributed by atoms with Crippen LogP contribution in [0.5, 0.6) is 0 Å². The van der Waals surface area contributed by atoms with Gasteiger partial charge in [0, 0.05) is 70.9 Å². The molecule has 5 aliphatic carbocycles. The number of aliphatic hydroxyl groups is 5. The standard InChI is InChI=1S/C28H30N2O3S.C23H28N2O.C22H25NO2.2C22H25NOS/c1-29(2)27(23-12-5-3-6-13-23)17-19-28(31,20-18-27)26-21-22-11-9-10-16-25(22)30(26)34(32,33)24-14-7-4-8-15-24;1-24(2)22(19-10-5-4-6-11-19)13-15-23(26,16-14-22)21-17-18-9-7-8-12-20(18)25(21)3;2*1-23(2)21(18-9-4-3-5-10-18)12-14-22(24,15-13-21)20-16-17-8-6-7-11-19(17)25-20;1-23(2)21(17-8-4-3-5-9-17)12-14-22(24,15-13-21)19-16-25-20-11-7-6-10-18(19)20/h3-16,21,31H,17-20H2,1-2H3;4-12,17,26H,13-16H2,1-3H3;3*3-11,16,24H,12-15H2,1-2H3. The minimum absolute atomic E-state index is 0.00191. The zero-order valence-electron chi connectivity index (χ0n) is 80.2. The monoisotopic (exact) mass is 1860 g/mol. The molecular weight excluding hydrogens is 1730 g/mol. The number of benzene rings is 11. The van der Waals surface area contributed by atoms with E-state index in [1.54, 1.807) is 59.1 Å². The number of rotatable bonds is 17. The van der Waals surface area contributed by atoms with Gasteiger partial charge in [0.2, 0.25) is 0 Å². The third-order valence-corrected chi connectivity index (χ3v) is 36.0. The van der Waals surface area contributed by atoms with Crippen LogP contribution in [0.15, 0.2) is 342 Å². The molecule has 0 aliphatic heterocycles. The number of hydrogen-bond acceptors (Lipinski definition) is 15. The molecule has 0 unspecified atom stereocenters. The lowest BCUT2D eigenvalue weighted by Crippen LogP contribution is -2.48. The predicted octanol–water partition coefficient (Wildman–Crippen LogP) is 24.4. The van der Waals surface area contributed by atoms with Gasteiger partial charge in [-0.15, -0.1) is 22.7 Å². The van der Waals surface area contributed by atoms with E-state index in [-0.39, 0.29) is 32.6 Å². The number of hydrogen-bond donors (Lipinski definition) is 5. The van der Waals surface area contributed by atoms with Gasteiger partial charge in [0.1, 0.15) is 28.1 Å². The fourth-order valence-corrected chi connectivity index (χ4v) is 27.2. The number of nitrogens with zero attached hydrogens (tertiary/aromatic N) is 7. The molecule has 5 aromatic heterocycles. The second-order valence-corrected chi connectivity index (χ2v) is 43.7. The van der Waals surface area contributed by atoms with Gasteiger partial charge in [0.15, 0.2) is 0 Å². The van der Waals surface area contributed by atoms with E-state index in [4.69, 9.17) is 4.42 Å². The van der Waals surface area contributed by atoms with Crippen molar-refractivity contribution in [3.05, 3.63) is 388 Å². The first-order valence-electron chi connectivity index (χ1n) is 48.0. The van der Waals surface area contributed by atoms with Gasteiger partial charge in [0.05, 0.1) is 33.0 Å². The summed E-state index contributed by atoms with van der Waals surface area (Å²) in [7, 11) is 19.6. The second kappa shape index (κ2) is 39.2. The molecule has 0 atom stereocenters. The highest BCUT2D eigenvalue weighted by Gasteiger charge is 2.52. The fraction of sp³-hybridized carbons (Fsp3) is 0.350. The molecule has 702 valence electrons. The lowest BCUT2D eigenvalue weighted by atomic mass is 9.68. The molecule has 5 fully saturated rings. The number of para-hydroxylation sites is 3. The van der Waals surface area contributed by atoms with Gasteiger partial charge in [-0.1, -0.05) is 261 Å². The van der Waals surface area contributed by atoms with Crippen LogP contribution < -0.4 is 0 Å². The van der Waals surface area contributed by atoms with E-state index >= 15 is 0 Å². The van der Waals surface area contributed by atoms with Crippen LogP contribution in [0.2, 0.25) is 0 Å². The molecule has 11 aromatic carbocycles. The summed E-state index contributed by atoms with van der Waals surface area (Å²) < 4.78 is 39.7. The molecule has 5 N–H and O–H groups in total. The molecule has 16 aromatic rings. The molecule has 18 heteroatoms. The molecule has 0 bridgehead atoms. The summed E-state index contributed by atoms with van der Waals surface area (Å²) in [6, 6.07) is 111. The van der Waals surface area contributed by atoms with Crippen LogP contribution in [0.4, 0.5) is 0 Å². The van der Waals surface area contributed by atoms with E-state index < -0.39 is 38.0 Å². The Morgan fingerprint density at radius 3 is 1.03 bits per heavy atom. The van der Waals surface area contributed by atoms with Crippen molar-refractivity contribution in [2.45, 2.75) is 189 Å². The smallest absolute Gasteiger partial charge is 0.268 e. The maximum atomic E-state index is 13.8. The highest BCUT2D eigenvalue weighted by molar-refractivity contribution is 7.90. The summed E-state index contributed by atoms with van der Waals surface area (Å²) in [5.41, 5.74) is 7.32. The zero-order chi connectivity index (χ0) is 94.8. The average Bonchev–Trinajstić information content (AvgIpc) is 1.48. The Morgan fingerprint density at radius 2 is 0.622 bits per heavy atom. The van der Waals surface area contributed by atoms with Gasteiger partial charge >= 0.3 is 0 Å². The summed E-state index contributed by atoms with van der Waals surface area (Å²) in [6.07, 6.45) is 16.0. The van der Waals surface area contributed by atoms with Crippen molar-refractivity contribution in [1.29, 1.82) is 0 Å². The lowest BCUT2D eigenvalue weighted by Gasteiger charge is -2.48. The molecule has 5 saturated carbocycles. The molecule has 5 heterocycles. The fourth-order valence-electron chi connectivity index (χ4n) is 23.3. The highest BCUT2D eigenvalue weighted by Crippen LogP contribution is 2.56. The first kappa shape index (κ1) is 96.2. The van der Waals surface area contributed by atoms with Gasteiger partial charge in [-0.3, -0.25) is 24.5 Å². The summed E-state index contributed by atoms with van der Waals surface area (Å²) >= 11 is 3.48. The lowest BCUT2D eigenvalue weighted by molar-refractivity contribution is -0.0631. The molecule has 21 rings (SSSR count). The number of thiophene rings is 2. The van der Waals surface area contributed by atoms with E-state index in [0.29, 0.717) is 55.5 Å². The average molecular weight is 1860 g/mol. The van der Waals surface area contributed by atoms with Gasteiger partial charge in [0.25, 0.3) is 10.0 Å². The Kier molecular flexibility index (Phi) is 27.9. The number of fused-ring (bicyclic) bond motifs is 5. The van der Waals surface area contributed by atoms with Crippen molar-refractivity contribution in [2.75, 3.05) is 70.5 Å². The quantitative estimate of drug-likeness (QED) is 0.0583. The van der Waals surface area contributed by atoms with E-state index in [0.717, 1.165) is 122 Å². The molecular formula is C117H133N7O8S3. The summed E-state index contributed by atoms with van der Waals surface area (Å²) in [5.74, 6) is 0.703. The maximum absolute atomic E-state index is 13.8. The van der Waals surface area contributed by atoms with Crippen molar-refractivity contribution < 1.29 is 38.4 Å². The van der Waals surface area contributed by atoms with E-state index in [1.165, 1.54) is 62.9 Å². The SMILES string of the molecule is CN(C)C1(c2ccccc2)CCC(O)(c2cc3ccccc3n2C)CC1.CN(C)C1(c2ccccc2)CCC(O)(c2cc3ccccc3n2S(=O)(=O)c2ccccc2)CC1.CN(C)C1(c2ccccc2)CCC(O)(c2cc3ccccc3o2)CC1.CN(C)C1(c2ccccc2)CCC(O)(c2cc3ccccc3s2)CC1.CN(C)C1(c2ccccc2)CCC(O)(c2csc3ccccc23)CC1. The normalized spacial score (nSPS) is 26.0. The number of furan rings is 1. The zero-order valence-corrected chi connectivity index (χ0v) is 82.7. The molecule has 0 radical (unpaired) electrons. The Morgan fingerprint density at radius 1 is 0.304 bits per heavy atom. The molecule has 135 heavy (non-hydrogen) atoms. The van der Waals surface area contributed by atoms with E-state index in [2.05, 4.69) is 330 Å². The van der Waals surface area contributed by atoms with Crippen molar-refractivity contribution in [2.24, 2.45) is 7.05 Å². The van der Waals surface area contributed by atoms with Crippen LogP contribution in [0.1, 0.15) is 184 Å². The minimum Gasteiger partial charge on any atom is -0.458 e. The Labute approximate surface area is 806 Å². The van der Waals surface area contributed by atoms with Crippen LogP contribution in [0.25, 0.3) is 52.9 Å². The first-order valence-corrected chi connectivity index (χ1v) is 51.2. The summed E-state index contributed by atoms with van der Waals surface area (Å²) in [5, 5.41) is 65.4. The third-order valence-electron chi connectivity index (χ3n) is 32.0. The summed E-state index contributed by atoms with van der Waals surface area (Å²) in [6.45, 7) is 0. The van der Waals surface area contributed by atoms with E-state index in [9.17, 15) is 34.0 Å². The van der Waals surface area contributed by atoms with Gasteiger partial charge in [-0.2, -0.15) is 0 Å². The molecule has 5 aliphatic rings. The van der Waals surface area contributed by atoms with Crippen LogP contribution in [-0.2, 0) is 72.8 Å². The number of aryl methyl sites for hydroxylation is 1. The van der Waals surface area contributed by atoms with Crippen molar-refractivity contribution in [1.82, 2.24) is 33.0 Å². The molecule has 15 nitrogen and oxygen atoms in total. The van der Waals surface area contributed by atoms with Crippen LogP contribution in [-0.4, -0.2) is 137 Å². The molecule has 0 saturated heterocycles. The molecule has 0 spiro atoms. The minimum atomic E-state index is -3.89. The second-order valence-electron chi connectivity index (χ2n) is 39.9. The van der Waals surface area contributed by atoms with Crippen LogP contribution in [0.3, 0.4) is 0 Å². The Hall–Kier alpha value is -10.5. The number of aromatic nitrogens is 2. The third kappa shape index (κ3) is 18.6. The summed E-state index contributed by atoms with van der Waals surface area (Å²) in [4.78, 5) is 12.9. The van der Waals surface area contributed by atoms with Crippen molar-refractivity contribution in [3.63, 3.8) is 0 Å². The first-order chi connectivity index (χ1) is 64.9. The largest absolute Gasteiger partial charge is 0.458 e. The topological polar surface area (TPSA) is 174 Å². The van der Waals surface area contributed by atoms with Gasteiger partial charge in [-0.25, -0.2) is 12.4 Å². The van der Waals surface area contributed by atoms with Crippen LogP contribution >= 0.6 is 22.7 Å². The Balaban J connectivity index is 0.000000118. The Bertz CT molecular complexity index is 6540. The van der Waals surface area contributed by atoms with E-state index in [1.807, 2.05) is 72.8 Å². The van der Waals surface area contributed by atoms with Crippen LogP contribution in [0, 0.1) is 0 Å². The maximum Gasteiger partial charge on any atom is 0.268 e. The predicted molar refractivity (Wildman–Crippen MR) is 555 cm³/mol. The van der Waals surface area contributed by atoms with Crippen molar-refractivity contribution in [3.8, 4) is 0 Å². The highest BCUT2D eigenvalue weighted by atomic mass is 32.2. The van der Waals surface area contributed by atoms with Gasteiger partial charge in [-0.05, 0) is 315 Å². The van der Waals surface area contributed by atoms with Gasteiger partial charge < -0.3 is 34.5 Å². The molecule has 0 amide bonds. The van der Waals surface area contributed by atoms with Crippen molar-refractivity contribution >= 4 is 85.6 Å².